The number of rotatable bonds is 7. The van der Waals surface area contributed by atoms with Crippen LogP contribution in [0.25, 0.3) is 0 Å². The number of thioether (sulfide) groups is 1. The van der Waals surface area contributed by atoms with Gasteiger partial charge in [0, 0.05) is 37.2 Å². The zero-order chi connectivity index (χ0) is 12.7. The van der Waals surface area contributed by atoms with E-state index < -0.39 is 0 Å². The topological polar surface area (TPSA) is 32.7 Å². The Morgan fingerprint density at radius 1 is 1.41 bits per heavy atom. The highest BCUT2D eigenvalue weighted by Gasteiger charge is 2.21. The van der Waals surface area contributed by atoms with Crippen LogP contribution in [0, 0.1) is 5.92 Å². The van der Waals surface area contributed by atoms with Gasteiger partial charge in [0.05, 0.1) is 12.7 Å². The van der Waals surface area contributed by atoms with Gasteiger partial charge in [-0.25, -0.2) is 0 Å². The maximum Gasteiger partial charge on any atom is 0.0792 e. The van der Waals surface area contributed by atoms with Gasteiger partial charge in [0.2, 0.25) is 0 Å². The quantitative estimate of drug-likeness (QED) is 0.758. The third-order valence-electron chi connectivity index (χ3n) is 2.95. The van der Waals surface area contributed by atoms with E-state index in [1.165, 1.54) is 6.54 Å². The minimum atomic E-state index is 0.291. The van der Waals surface area contributed by atoms with Gasteiger partial charge in [-0.3, -0.25) is 4.90 Å². The van der Waals surface area contributed by atoms with Crippen molar-refractivity contribution in [2.75, 3.05) is 38.6 Å². The van der Waals surface area contributed by atoms with Gasteiger partial charge in [-0.15, -0.1) is 0 Å². The molecule has 0 aromatic rings. The second-order valence-electron chi connectivity index (χ2n) is 5.30. The first-order chi connectivity index (χ1) is 8.11. The summed E-state index contributed by atoms with van der Waals surface area (Å²) >= 11 is 1.92. The van der Waals surface area contributed by atoms with Crippen molar-refractivity contribution in [1.29, 1.82) is 0 Å². The summed E-state index contributed by atoms with van der Waals surface area (Å²) in [5.74, 6) is 1.78. The molecule has 0 spiro atoms. The lowest BCUT2D eigenvalue weighted by atomic mass is 10.2. The van der Waals surface area contributed by atoms with Gasteiger partial charge < -0.3 is 9.84 Å². The molecule has 2 atom stereocenters. The highest BCUT2D eigenvalue weighted by molar-refractivity contribution is 7.99. The second-order valence-corrected chi connectivity index (χ2v) is 6.77. The third kappa shape index (κ3) is 6.65. The fraction of sp³-hybridized carbons (Fsp3) is 1.00. The Morgan fingerprint density at radius 3 is 2.82 bits per heavy atom. The second kappa shape index (κ2) is 8.35. The Kier molecular flexibility index (Phi) is 7.51. The molecule has 0 radical (unpaired) electrons. The molecular formula is C13H27NO2S. The fourth-order valence-corrected chi connectivity index (χ4v) is 3.12. The van der Waals surface area contributed by atoms with E-state index in [0.717, 1.165) is 37.8 Å². The van der Waals surface area contributed by atoms with Crippen LogP contribution in [0.3, 0.4) is 0 Å². The molecule has 17 heavy (non-hydrogen) atoms. The average Bonchev–Trinajstić information content (AvgIpc) is 2.26. The maximum absolute atomic E-state index is 8.86. The molecule has 3 nitrogen and oxygen atoms in total. The van der Waals surface area contributed by atoms with Gasteiger partial charge in [-0.2, -0.15) is 11.8 Å². The van der Waals surface area contributed by atoms with Crippen LogP contribution in [0.2, 0.25) is 0 Å². The van der Waals surface area contributed by atoms with Gasteiger partial charge >= 0.3 is 0 Å². The van der Waals surface area contributed by atoms with E-state index in [9.17, 15) is 0 Å². The molecule has 0 aromatic carbocycles. The summed E-state index contributed by atoms with van der Waals surface area (Å²) in [6.45, 7) is 11.2. The normalized spacial score (nSPS) is 24.2. The van der Waals surface area contributed by atoms with Crippen LogP contribution in [-0.2, 0) is 4.74 Å². The highest BCUT2D eigenvalue weighted by atomic mass is 32.2. The predicted molar refractivity (Wildman–Crippen MR) is 74.6 cm³/mol. The Balaban J connectivity index is 2.20. The number of ether oxygens (including phenoxy) is 1. The molecule has 1 rings (SSSR count). The fourth-order valence-electron chi connectivity index (χ4n) is 2.10. The van der Waals surface area contributed by atoms with Gasteiger partial charge in [0.15, 0.2) is 0 Å². The lowest BCUT2D eigenvalue weighted by Crippen LogP contribution is -2.45. The van der Waals surface area contributed by atoms with Crippen molar-refractivity contribution in [1.82, 2.24) is 4.90 Å². The molecule has 0 amide bonds. The number of hydrogen-bond acceptors (Lipinski definition) is 4. The molecule has 4 heteroatoms. The summed E-state index contributed by atoms with van der Waals surface area (Å²) in [6, 6.07) is 0. The van der Waals surface area contributed by atoms with Crippen LogP contribution < -0.4 is 0 Å². The molecule has 1 aliphatic rings. The number of aliphatic hydroxyl groups is 1. The highest BCUT2D eigenvalue weighted by Crippen LogP contribution is 2.18. The standard InChI is InChI=1S/C13H27NO2S/c1-11(2)8-14-5-7-16-13(9-14)10-17-12(3)4-6-15/h11-13,15H,4-10H2,1-3H3. The summed E-state index contributed by atoms with van der Waals surface area (Å²) in [7, 11) is 0. The Labute approximate surface area is 110 Å². The van der Waals surface area contributed by atoms with Crippen LogP contribution >= 0.6 is 11.8 Å². The molecule has 0 bridgehead atoms. The van der Waals surface area contributed by atoms with E-state index in [1.807, 2.05) is 11.8 Å². The zero-order valence-corrected chi connectivity index (χ0v) is 12.2. The van der Waals surface area contributed by atoms with Crippen molar-refractivity contribution in [3.05, 3.63) is 0 Å². The van der Waals surface area contributed by atoms with Crippen molar-refractivity contribution in [3.63, 3.8) is 0 Å². The maximum atomic E-state index is 8.86. The van der Waals surface area contributed by atoms with Crippen molar-refractivity contribution in [2.45, 2.75) is 38.5 Å². The molecular weight excluding hydrogens is 234 g/mol. The van der Waals surface area contributed by atoms with Gasteiger partial charge in [-0.05, 0) is 12.3 Å². The van der Waals surface area contributed by atoms with E-state index in [0.29, 0.717) is 18.0 Å². The summed E-state index contributed by atoms with van der Waals surface area (Å²) in [5, 5.41) is 9.39. The molecule has 0 aliphatic carbocycles. The molecule has 1 fully saturated rings. The summed E-state index contributed by atoms with van der Waals surface area (Å²) in [5.41, 5.74) is 0. The number of morpholine rings is 1. The van der Waals surface area contributed by atoms with E-state index in [1.54, 1.807) is 0 Å². The van der Waals surface area contributed by atoms with E-state index in [2.05, 4.69) is 25.7 Å². The Morgan fingerprint density at radius 2 is 2.18 bits per heavy atom. The van der Waals surface area contributed by atoms with E-state index in [-0.39, 0.29) is 0 Å². The van der Waals surface area contributed by atoms with Crippen molar-refractivity contribution >= 4 is 11.8 Å². The summed E-state index contributed by atoms with van der Waals surface area (Å²) < 4.78 is 5.79. The SMILES string of the molecule is CC(C)CN1CCOC(CSC(C)CCO)C1. The van der Waals surface area contributed by atoms with E-state index in [4.69, 9.17) is 9.84 Å². The van der Waals surface area contributed by atoms with E-state index >= 15 is 0 Å². The third-order valence-corrected chi connectivity index (χ3v) is 4.32. The van der Waals surface area contributed by atoms with Crippen molar-refractivity contribution in [3.8, 4) is 0 Å². The average molecular weight is 261 g/mol. The predicted octanol–water partition coefficient (Wildman–Crippen LogP) is 1.85. The molecule has 1 saturated heterocycles. The lowest BCUT2D eigenvalue weighted by Gasteiger charge is -2.34. The Hall–Kier alpha value is 0.230. The zero-order valence-electron chi connectivity index (χ0n) is 11.4. The molecule has 0 aromatic heterocycles. The van der Waals surface area contributed by atoms with Gasteiger partial charge in [0.1, 0.15) is 0 Å². The van der Waals surface area contributed by atoms with Gasteiger partial charge in [-0.1, -0.05) is 20.8 Å². The molecule has 0 saturated carbocycles. The Bertz CT molecular complexity index is 202. The number of hydrogen-bond donors (Lipinski definition) is 1. The van der Waals surface area contributed by atoms with Crippen LogP contribution in [0.1, 0.15) is 27.2 Å². The van der Waals surface area contributed by atoms with Gasteiger partial charge in [0.25, 0.3) is 0 Å². The number of aliphatic hydroxyl groups excluding tert-OH is 1. The largest absolute Gasteiger partial charge is 0.396 e. The first-order valence-corrected chi connectivity index (χ1v) is 7.73. The molecule has 102 valence electrons. The molecule has 2 unspecified atom stereocenters. The van der Waals surface area contributed by atoms with Crippen LogP contribution in [0.5, 0.6) is 0 Å². The minimum Gasteiger partial charge on any atom is -0.396 e. The van der Waals surface area contributed by atoms with Crippen LogP contribution in [0.4, 0.5) is 0 Å². The van der Waals surface area contributed by atoms with Crippen LogP contribution in [0.15, 0.2) is 0 Å². The smallest absolute Gasteiger partial charge is 0.0792 e. The van der Waals surface area contributed by atoms with Crippen LogP contribution in [-0.4, -0.2) is 60.0 Å². The molecule has 1 aliphatic heterocycles. The van der Waals surface area contributed by atoms with Crippen molar-refractivity contribution < 1.29 is 9.84 Å². The summed E-state index contributed by atoms with van der Waals surface area (Å²) in [4.78, 5) is 2.51. The first kappa shape index (κ1) is 15.3. The molecule has 1 N–H and O–H groups in total. The minimum absolute atomic E-state index is 0.291. The lowest BCUT2D eigenvalue weighted by molar-refractivity contribution is -0.0192. The first-order valence-electron chi connectivity index (χ1n) is 6.68. The monoisotopic (exact) mass is 261 g/mol. The van der Waals surface area contributed by atoms with Crippen molar-refractivity contribution in [2.24, 2.45) is 5.92 Å². The summed E-state index contributed by atoms with van der Waals surface area (Å²) in [6.07, 6.45) is 1.25. The molecule has 1 heterocycles. The number of nitrogens with zero attached hydrogens (tertiary/aromatic N) is 1.